The maximum Gasteiger partial charge on any atom is 0.256 e. The van der Waals surface area contributed by atoms with Crippen molar-refractivity contribution < 1.29 is 18.7 Å². The molecule has 2 aliphatic heterocycles. The van der Waals surface area contributed by atoms with Gasteiger partial charge in [-0.1, -0.05) is 12.6 Å². The van der Waals surface area contributed by atoms with Crippen LogP contribution < -0.4 is 36.6 Å². The highest BCUT2D eigenvalue weighted by atomic mass is 19.1. The van der Waals surface area contributed by atoms with E-state index in [2.05, 4.69) is 32.8 Å². The zero-order valence-electron chi connectivity index (χ0n) is 24.5. The predicted molar refractivity (Wildman–Crippen MR) is 164 cm³/mol. The Morgan fingerprint density at radius 3 is 2.69 bits per heavy atom. The molecular weight excluding hydrogens is 539 g/mol. The lowest BCUT2D eigenvalue weighted by atomic mass is 10.1. The fourth-order valence-electron chi connectivity index (χ4n) is 4.69. The summed E-state index contributed by atoms with van der Waals surface area (Å²) in [7, 11) is 5.29. The lowest BCUT2D eigenvalue weighted by molar-refractivity contribution is -0.119. The number of methoxy groups -OCH3 is 1. The number of hydrogen-bond acceptors (Lipinski definition) is 8. The molecule has 6 N–H and O–H groups in total. The van der Waals surface area contributed by atoms with Gasteiger partial charge in [0.2, 0.25) is 5.91 Å². The molecule has 12 heteroatoms. The van der Waals surface area contributed by atoms with Crippen LogP contribution in [0, 0.1) is 5.82 Å². The van der Waals surface area contributed by atoms with Crippen LogP contribution >= 0.6 is 0 Å². The first-order valence-electron chi connectivity index (χ1n) is 13.5. The third-order valence-electron chi connectivity index (χ3n) is 6.52. The molecule has 2 aromatic carbocycles. The van der Waals surface area contributed by atoms with Gasteiger partial charge in [-0.25, -0.2) is 9.38 Å². The Labute approximate surface area is 245 Å². The number of nitrogens with two attached hydrogens (primary N) is 1. The Morgan fingerprint density at radius 2 is 2.00 bits per heavy atom. The lowest BCUT2D eigenvalue weighted by Gasteiger charge is -2.21. The number of nitrogens with one attached hydrogen (secondary N) is 4. The number of carbonyl (C=O) groups is 2. The number of benzene rings is 2. The molecule has 0 aliphatic carbocycles. The normalized spacial score (nSPS) is 16.0. The Kier molecular flexibility index (Phi) is 9.16. The predicted octanol–water partition coefficient (Wildman–Crippen LogP) is 3.10. The molecule has 0 bridgehead atoms. The molecule has 0 unspecified atom stereocenters. The first-order chi connectivity index (χ1) is 20.0. The van der Waals surface area contributed by atoms with E-state index in [0.717, 1.165) is 17.7 Å². The average Bonchev–Trinajstić information content (AvgIpc) is 3.54. The topological polar surface area (TPSA) is 136 Å². The maximum atomic E-state index is 14.6. The molecule has 222 valence electrons. The zero-order chi connectivity index (χ0) is 30.6. The number of hydrogen-bond donors (Lipinski definition) is 5. The number of anilines is 3. The number of fused-ring (bicyclic) bond motifs is 1. The van der Waals surface area contributed by atoms with Gasteiger partial charge in [-0.15, -0.1) is 0 Å². The third kappa shape index (κ3) is 6.72. The van der Waals surface area contributed by atoms with E-state index >= 15 is 0 Å². The monoisotopic (exact) mass is 576 g/mol. The molecule has 4 rings (SSSR count). The van der Waals surface area contributed by atoms with E-state index in [4.69, 9.17) is 10.5 Å². The van der Waals surface area contributed by atoms with Crippen LogP contribution in [-0.2, 0) is 11.2 Å². The first-order valence-corrected chi connectivity index (χ1v) is 13.5. The van der Waals surface area contributed by atoms with Crippen LogP contribution in [0.15, 0.2) is 71.4 Å². The van der Waals surface area contributed by atoms with Crippen LogP contribution in [0.1, 0.15) is 29.8 Å². The Bertz CT molecular complexity index is 1500. The average molecular weight is 577 g/mol. The van der Waals surface area contributed by atoms with Crippen molar-refractivity contribution in [2.45, 2.75) is 26.3 Å². The summed E-state index contributed by atoms with van der Waals surface area (Å²) in [4.78, 5) is 33.6. The number of likely N-dealkylation sites (N-methyl/N-ethyl adjacent to an activating group) is 1. The van der Waals surface area contributed by atoms with E-state index in [9.17, 15) is 14.0 Å². The zero-order valence-corrected chi connectivity index (χ0v) is 24.5. The van der Waals surface area contributed by atoms with Gasteiger partial charge < -0.3 is 41.5 Å². The summed E-state index contributed by atoms with van der Waals surface area (Å²) in [5.74, 6) is 0.174. The molecule has 0 atom stereocenters. The van der Waals surface area contributed by atoms with Gasteiger partial charge in [-0.2, -0.15) is 0 Å². The number of ether oxygens (including phenoxy) is 1. The van der Waals surface area contributed by atoms with Crippen molar-refractivity contribution >= 4 is 34.7 Å². The number of nitrogens with zero attached hydrogens (tertiary/aromatic N) is 3. The molecule has 2 aliphatic rings. The highest BCUT2D eigenvalue weighted by molar-refractivity contribution is 6.06. The molecule has 0 spiro atoms. The Balaban J connectivity index is 1.57. The number of carbonyl (C=O) groups excluding carboxylic acids is 2. The van der Waals surface area contributed by atoms with Crippen LogP contribution in [0.4, 0.5) is 21.5 Å². The summed E-state index contributed by atoms with van der Waals surface area (Å²) < 4.78 is 20.2. The molecule has 2 aromatic rings. The van der Waals surface area contributed by atoms with E-state index < -0.39 is 11.7 Å². The van der Waals surface area contributed by atoms with Crippen LogP contribution in [-0.4, -0.2) is 62.9 Å². The number of rotatable bonds is 10. The van der Waals surface area contributed by atoms with Crippen LogP contribution in [0.3, 0.4) is 0 Å². The van der Waals surface area contributed by atoms with Gasteiger partial charge in [0.1, 0.15) is 29.0 Å². The van der Waals surface area contributed by atoms with Crippen molar-refractivity contribution in [2.75, 3.05) is 49.8 Å². The summed E-state index contributed by atoms with van der Waals surface area (Å²) in [6.45, 7) is 8.52. The summed E-state index contributed by atoms with van der Waals surface area (Å²) in [5.41, 5.74) is 9.35. The van der Waals surface area contributed by atoms with E-state index in [1.165, 1.54) is 12.1 Å². The van der Waals surface area contributed by atoms with Gasteiger partial charge in [-0.05, 0) is 70.3 Å². The van der Waals surface area contributed by atoms with Crippen molar-refractivity contribution in [3.63, 3.8) is 0 Å². The second kappa shape index (κ2) is 12.8. The van der Waals surface area contributed by atoms with E-state index in [1.54, 1.807) is 44.2 Å². The second-order valence-corrected chi connectivity index (χ2v) is 10.5. The Hall–Kier alpha value is -4.84. The summed E-state index contributed by atoms with van der Waals surface area (Å²) >= 11 is 0. The van der Waals surface area contributed by atoms with Crippen molar-refractivity contribution in [3.05, 3.63) is 83.3 Å². The van der Waals surface area contributed by atoms with Crippen LogP contribution in [0.25, 0.3) is 0 Å². The number of halogens is 1. The van der Waals surface area contributed by atoms with Crippen LogP contribution in [0.5, 0.6) is 5.75 Å². The molecule has 0 saturated heterocycles. The molecule has 2 heterocycles. The summed E-state index contributed by atoms with van der Waals surface area (Å²) in [6.07, 6.45) is 4.08. The summed E-state index contributed by atoms with van der Waals surface area (Å²) in [5, 5.41) is 11.8. The van der Waals surface area contributed by atoms with Gasteiger partial charge in [-0.3, -0.25) is 9.59 Å². The quantitative estimate of drug-likeness (QED) is 0.291. The fourth-order valence-corrected chi connectivity index (χ4v) is 4.69. The number of amidine groups is 1. The highest BCUT2D eigenvalue weighted by Crippen LogP contribution is 2.38. The third-order valence-corrected chi connectivity index (χ3v) is 6.52. The van der Waals surface area contributed by atoms with Crippen LogP contribution in [0.2, 0.25) is 0 Å². The van der Waals surface area contributed by atoms with Gasteiger partial charge in [0.25, 0.3) is 5.91 Å². The molecule has 2 amide bonds. The minimum absolute atomic E-state index is 0.0102. The van der Waals surface area contributed by atoms with Gasteiger partial charge >= 0.3 is 0 Å². The van der Waals surface area contributed by atoms with Gasteiger partial charge in [0, 0.05) is 24.5 Å². The number of aliphatic imine (C=N–C) groups is 1. The van der Waals surface area contributed by atoms with E-state index in [1.807, 2.05) is 31.1 Å². The largest absolute Gasteiger partial charge is 0.495 e. The number of amides is 2. The summed E-state index contributed by atoms with van der Waals surface area (Å²) in [6, 6.07) is 7.88. The lowest BCUT2D eigenvalue weighted by Crippen LogP contribution is -2.36. The van der Waals surface area contributed by atoms with E-state index in [-0.39, 0.29) is 34.8 Å². The first kappa shape index (κ1) is 30.1. The SMILES string of the molecule is C=C(/N=C1/NC=C/C1=C(/N)Nc1cccc(F)c1C(=O)NC(C)C)Nc1cc2c(cc1OC)CCN2C(=O)CN(C)C. The second-order valence-electron chi connectivity index (χ2n) is 10.5. The molecular formula is C30H37FN8O3. The highest BCUT2D eigenvalue weighted by Gasteiger charge is 2.27. The molecule has 0 fully saturated rings. The van der Waals surface area contributed by atoms with Crippen molar-refractivity contribution in [1.82, 2.24) is 15.5 Å². The maximum absolute atomic E-state index is 14.6. The molecule has 11 nitrogen and oxygen atoms in total. The minimum Gasteiger partial charge on any atom is -0.495 e. The standard InChI is InChI=1S/C30H37FN8O3/c1-17(2)34-30(41)27-21(31)8-7-9-22(27)37-28(32)20-10-12-33-29(20)36-18(3)35-23-15-24-19(14-25(23)42-6)11-13-39(24)26(40)16-38(4)5/h7-10,12,14-15,17,35,37H,3,11,13,16,32H2,1-2,4-6H3,(H,33,36)(H,34,41)/b28-20+. The molecule has 0 aromatic heterocycles. The smallest absolute Gasteiger partial charge is 0.256 e. The van der Waals surface area contributed by atoms with Crippen molar-refractivity contribution in [2.24, 2.45) is 10.7 Å². The fraction of sp³-hybridized carbons (Fsp3) is 0.300. The molecule has 0 saturated carbocycles. The van der Waals surface area contributed by atoms with E-state index in [0.29, 0.717) is 35.9 Å². The molecule has 0 radical (unpaired) electrons. The van der Waals surface area contributed by atoms with Gasteiger partial charge in [0.05, 0.1) is 36.2 Å². The van der Waals surface area contributed by atoms with Crippen molar-refractivity contribution in [1.29, 1.82) is 0 Å². The van der Waals surface area contributed by atoms with Crippen molar-refractivity contribution in [3.8, 4) is 5.75 Å². The van der Waals surface area contributed by atoms with Gasteiger partial charge in [0.15, 0.2) is 0 Å². The molecule has 42 heavy (non-hydrogen) atoms. The minimum atomic E-state index is -0.673. The Morgan fingerprint density at radius 1 is 1.24 bits per heavy atom.